The standard InChI is InChI=1S/C17H21N5/c1-2-4-10(3-1)14-8-15(22-21-14)19-17-18-9-13-11-5-6-12(7-11)16(13)20-17/h8-12H,1-7H2,(H2,18,19,20,21,22). The molecule has 2 bridgehead atoms. The van der Waals surface area contributed by atoms with Crippen molar-refractivity contribution in [1.82, 2.24) is 20.2 Å². The van der Waals surface area contributed by atoms with Crippen molar-refractivity contribution in [2.75, 3.05) is 5.32 Å². The lowest BCUT2D eigenvalue weighted by atomic mass is 9.98. The molecule has 5 heteroatoms. The molecule has 0 spiro atoms. The average Bonchev–Trinajstić information content (AvgIpc) is 3.31. The summed E-state index contributed by atoms with van der Waals surface area (Å²) in [6.45, 7) is 0. The van der Waals surface area contributed by atoms with Gasteiger partial charge >= 0.3 is 0 Å². The lowest BCUT2D eigenvalue weighted by Crippen LogP contribution is -2.06. The molecule has 0 aromatic carbocycles. The van der Waals surface area contributed by atoms with Crippen molar-refractivity contribution in [2.24, 2.45) is 0 Å². The van der Waals surface area contributed by atoms with Crippen molar-refractivity contribution < 1.29 is 0 Å². The molecule has 0 radical (unpaired) electrons. The summed E-state index contributed by atoms with van der Waals surface area (Å²) in [5.41, 5.74) is 3.91. The monoisotopic (exact) mass is 295 g/mol. The van der Waals surface area contributed by atoms with Gasteiger partial charge in [0, 0.05) is 29.8 Å². The summed E-state index contributed by atoms with van der Waals surface area (Å²) >= 11 is 0. The normalized spacial score (nSPS) is 26.5. The van der Waals surface area contributed by atoms with Crippen molar-refractivity contribution >= 4 is 11.8 Å². The van der Waals surface area contributed by atoms with Crippen LogP contribution in [0.25, 0.3) is 0 Å². The maximum Gasteiger partial charge on any atom is 0.228 e. The third-order valence-corrected chi connectivity index (χ3v) is 5.74. The lowest BCUT2D eigenvalue weighted by Gasteiger charge is -2.14. The predicted molar refractivity (Wildman–Crippen MR) is 84.4 cm³/mol. The van der Waals surface area contributed by atoms with Gasteiger partial charge in [0.05, 0.1) is 5.69 Å². The van der Waals surface area contributed by atoms with E-state index in [1.54, 1.807) is 0 Å². The first kappa shape index (κ1) is 12.6. The topological polar surface area (TPSA) is 66.5 Å². The second-order valence-corrected chi connectivity index (χ2v) is 7.06. The summed E-state index contributed by atoms with van der Waals surface area (Å²) in [7, 11) is 0. The summed E-state index contributed by atoms with van der Waals surface area (Å²) in [5.74, 6) is 3.56. The molecule has 2 fully saturated rings. The van der Waals surface area contributed by atoms with Crippen LogP contribution in [0.15, 0.2) is 12.3 Å². The van der Waals surface area contributed by atoms with Crippen LogP contribution in [-0.2, 0) is 0 Å². The van der Waals surface area contributed by atoms with Gasteiger partial charge in [-0.05, 0) is 43.6 Å². The average molecular weight is 295 g/mol. The predicted octanol–water partition coefficient (Wildman–Crippen LogP) is 3.97. The van der Waals surface area contributed by atoms with E-state index in [1.807, 2.05) is 6.20 Å². The van der Waals surface area contributed by atoms with Gasteiger partial charge in [0.25, 0.3) is 0 Å². The molecular weight excluding hydrogens is 274 g/mol. The lowest BCUT2D eigenvalue weighted by molar-refractivity contribution is 0.692. The maximum absolute atomic E-state index is 4.76. The molecule has 2 heterocycles. The zero-order valence-electron chi connectivity index (χ0n) is 12.7. The van der Waals surface area contributed by atoms with Gasteiger partial charge < -0.3 is 5.32 Å². The fourth-order valence-electron chi connectivity index (χ4n) is 4.58. The Balaban J connectivity index is 1.37. The second-order valence-electron chi connectivity index (χ2n) is 7.06. The van der Waals surface area contributed by atoms with E-state index in [-0.39, 0.29) is 0 Å². The minimum atomic E-state index is 0.653. The van der Waals surface area contributed by atoms with E-state index in [1.165, 1.54) is 61.9 Å². The highest BCUT2D eigenvalue weighted by molar-refractivity contribution is 5.50. The third kappa shape index (κ3) is 1.95. The number of nitrogens with one attached hydrogen (secondary N) is 2. The molecule has 3 aliphatic rings. The number of nitrogens with zero attached hydrogens (tertiary/aromatic N) is 3. The molecule has 2 aromatic heterocycles. The number of hydrogen-bond acceptors (Lipinski definition) is 4. The zero-order valence-corrected chi connectivity index (χ0v) is 12.7. The van der Waals surface area contributed by atoms with Gasteiger partial charge in [0.1, 0.15) is 0 Å². The summed E-state index contributed by atoms with van der Waals surface area (Å²) in [6, 6.07) is 2.12. The Morgan fingerprint density at radius 2 is 1.91 bits per heavy atom. The van der Waals surface area contributed by atoms with Crippen molar-refractivity contribution in [3.63, 3.8) is 0 Å². The molecule has 0 saturated heterocycles. The van der Waals surface area contributed by atoms with Crippen molar-refractivity contribution in [3.05, 3.63) is 29.2 Å². The smallest absolute Gasteiger partial charge is 0.228 e. The molecular formula is C17H21N5. The number of aromatic amines is 1. The number of hydrogen-bond donors (Lipinski definition) is 2. The van der Waals surface area contributed by atoms with Gasteiger partial charge in [0.15, 0.2) is 5.82 Å². The van der Waals surface area contributed by atoms with E-state index in [0.29, 0.717) is 23.7 Å². The van der Waals surface area contributed by atoms with Crippen LogP contribution in [0, 0.1) is 0 Å². The van der Waals surface area contributed by atoms with E-state index < -0.39 is 0 Å². The Labute approximate surface area is 130 Å². The van der Waals surface area contributed by atoms with Crippen LogP contribution in [0.3, 0.4) is 0 Å². The Morgan fingerprint density at radius 3 is 2.82 bits per heavy atom. The molecule has 114 valence electrons. The highest BCUT2D eigenvalue weighted by atomic mass is 15.2. The maximum atomic E-state index is 4.76. The van der Waals surface area contributed by atoms with Crippen LogP contribution in [0.5, 0.6) is 0 Å². The molecule has 2 aromatic rings. The van der Waals surface area contributed by atoms with Gasteiger partial charge in [-0.25, -0.2) is 9.97 Å². The number of fused-ring (bicyclic) bond motifs is 5. The summed E-state index contributed by atoms with van der Waals surface area (Å²) in [4.78, 5) is 9.26. The quantitative estimate of drug-likeness (QED) is 0.899. The minimum Gasteiger partial charge on any atom is -0.307 e. The molecule has 5 nitrogen and oxygen atoms in total. The van der Waals surface area contributed by atoms with Gasteiger partial charge in [-0.15, -0.1) is 0 Å². The molecule has 2 saturated carbocycles. The third-order valence-electron chi connectivity index (χ3n) is 5.74. The van der Waals surface area contributed by atoms with Crippen LogP contribution in [0.4, 0.5) is 11.8 Å². The molecule has 2 atom stereocenters. The largest absolute Gasteiger partial charge is 0.307 e. The Bertz CT molecular complexity index is 701. The molecule has 0 amide bonds. The van der Waals surface area contributed by atoms with E-state index in [9.17, 15) is 0 Å². The van der Waals surface area contributed by atoms with Gasteiger partial charge in [-0.2, -0.15) is 5.10 Å². The van der Waals surface area contributed by atoms with Crippen LogP contribution in [0.1, 0.15) is 79.7 Å². The van der Waals surface area contributed by atoms with Crippen LogP contribution >= 0.6 is 0 Å². The van der Waals surface area contributed by atoms with Crippen molar-refractivity contribution in [3.8, 4) is 0 Å². The number of rotatable bonds is 3. The molecule has 2 unspecified atom stereocenters. The first-order valence-corrected chi connectivity index (χ1v) is 8.56. The van der Waals surface area contributed by atoms with Crippen molar-refractivity contribution in [2.45, 2.75) is 62.7 Å². The molecule has 2 N–H and O–H groups in total. The number of anilines is 2. The summed E-state index contributed by atoms with van der Waals surface area (Å²) < 4.78 is 0. The molecule has 3 aliphatic carbocycles. The first-order chi connectivity index (χ1) is 10.9. The molecule has 22 heavy (non-hydrogen) atoms. The number of aromatic nitrogens is 4. The number of H-pyrrole nitrogens is 1. The Morgan fingerprint density at radius 1 is 1.05 bits per heavy atom. The Kier molecular flexibility index (Phi) is 2.75. The highest BCUT2D eigenvalue weighted by Crippen LogP contribution is 2.52. The van der Waals surface area contributed by atoms with Crippen LogP contribution in [0.2, 0.25) is 0 Å². The summed E-state index contributed by atoms with van der Waals surface area (Å²) in [5, 5.41) is 10.8. The second kappa shape index (κ2) is 4.80. The van der Waals surface area contributed by atoms with E-state index in [4.69, 9.17) is 4.98 Å². The van der Waals surface area contributed by atoms with Gasteiger partial charge in [-0.1, -0.05) is 12.8 Å². The fourth-order valence-corrected chi connectivity index (χ4v) is 4.58. The molecule has 0 aliphatic heterocycles. The molecule has 5 rings (SSSR count). The van der Waals surface area contributed by atoms with E-state index >= 15 is 0 Å². The first-order valence-electron chi connectivity index (χ1n) is 8.56. The van der Waals surface area contributed by atoms with E-state index in [0.717, 1.165) is 5.82 Å². The fraction of sp³-hybridized carbons (Fsp3) is 0.588. The SMILES string of the molecule is c1c(Nc2ncc3c(n2)C2CCC3C2)n[nH]c1C1CCCC1. The van der Waals surface area contributed by atoms with Gasteiger partial charge in [0.2, 0.25) is 5.95 Å². The Hall–Kier alpha value is -1.91. The van der Waals surface area contributed by atoms with Gasteiger partial charge in [-0.3, -0.25) is 5.10 Å². The van der Waals surface area contributed by atoms with Crippen LogP contribution in [-0.4, -0.2) is 20.2 Å². The van der Waals surface area contributed by atoms with E-state index in [2.05, 4.69) is 26.6 Å². The van der Waals surface area contributed by atoms with Crippen molar-refractivity contribution in [1.29, 1.82) is 0 Å². The summed E-state index contributed by atoms with van der Waals surface area (Å²) in [6.07, 6.45) is 11.1. The minimum absolute atomic E-state index is 0.653. The zero-order chi connectivity index (χ0) is 14.5. The van der Waals surface area contributed by atoms with Crippen LogP contribution < -0.4 is 5.32 Å². The highest BCUT2D eigenvalue weighted by Gasteiger charge is 2.38.